The molecule has 0 aliphatic heterocycles. The lowest BCUT2D eigenvalue weighted by Crippen LogP contribution is -2.24. The molecule has 0 amide bonds. The molecule has 5 heteroatoms. The van der Waals surface area contributed by atoms with Crippen LogP contribution >= 0.6 is 11.6 Å². The van der Waals surface area contributed by atoms with Crippen LogP contribution in [0.1, 0.15) is 23.7 Å². The van der Waals surface area contributed by atoms with Gasteiger partial charge in [-0.1, -0.05) is 18.5 Å². The second-order valence-electron chi connectivity index (χ2n) is 3.89. The largest absolute Gasteiger partial charge is 0.465 e. The molecule has 0 aliphatic carbocycles. The normalized spacial score (nSPS) is 12.0. The van der Waals surface area contributed by atoms with Crippen molar-refractivity contribution in [1.29, 1.82) is 0 Å². The van der Waals surface area contributed by atoms with Gasteiger partial charge >= 0.3 is 5.97 Å². The number of halogens is 1. The number of hydrogen-bond donors (Lipinski definition) is 1. The summed E-state index contributed by atoms with van der Waals surface area (Å²) in [6, 6.07) is 5.15. The van der Waals surface area contributed by atoms with Gasteiger partial charge in [-0.15, -0.1) is 0 Å². The van der Waals surface area contributed by atoms with Crippen molar-refractivity contribution >= 4 is 23.3 Å². The highest BCUT2D eigenvalue weighted by molar-refractivity contribution is 6.33. The molecule has 0 heterocycles. The van der Waals surface area contributed by atoms with Crippen molar-refractivity contribution in [2.45, 2.75) is 19.4 Å². The minimum atomic E-state index is -0.380. The van der Waals surface area contributed by atoms with Gasteiger partial charge in [-0.2, -0.15) is 0 Å². The van der Waals surface area contributed by atoms with Gasteiger partial charge < -0.3 is 14.8 Å². The molecule has 100 valence electrons. The zero-order valence-corrected chi connectivity index (χ0v) is 11.6. The third kappa shape index (κ3) is 3.89. The van der Waals surface area contributed by atoms with E-state index in [4.69, 9.17) is 16.3 Å². The fourth-order valence-corrected chi connectivity index (χ4v) is 1.74. The summed E-state index contributed by atoms with van der Waals surface area (Å²) in [4.78, 5) is 11.4. The van der Waals surface area contributed by atoms with Crippen molar-refractivity contribution in [3.8, 4) is 0 Å². The molecule has 1 aromatic rings. The van der Waals surface area contributed by atoms with Gasteiger partial charge in [0.05, 0.1) is 30.0 Å². The van der Waals surface area contributed by atoms with E-state index < -0.39 is 0 Å². The van der Waals surface area contributed by atoms with Gasteiger partial charge in [0.1, 0.15) is 0 Å². The average Bonchev–Trinajstić information content (AvgIpc) is 2.39. The summed E-state index contributed by atoms with van der Waals surface area (Å²) in [5.74, 6) is -0.380. The Morgan fingerprint density at radius 3 is 2.72 bits per heavy atom. The predicted octanol–water partition coefficient (Wildman–Crippen LogP) is 2.96. The highest BCUT2D eigenvalue weighted by Crippen LogP contribution is 2.24. The molecule has 1 N–H and O–H groups in total. The van der Waals surface area contributed by atoms with Crippen LogP contribution in [0.5, 0.6) is 0 Å². The molecule has 1 rings (SSSR count). The predicted molar refractivity (Wildman–Crippen MR) is 72.4 cm³/mol. The van der Waals surface area contributed by atoms with Crippen LogP contribution in [0.25, 0.3) is 0 Å². The summed E-state index contributed by atoms with van der Waals surface area (Å²) in [5.41, 5.74) is 1.18. The fraction of sp³-hybridized carbons (Fsp3) is 0.462. The lowest BCUT2D eigenvalue weighted by molar-refractivity contribution is 0.0601. The molecular formula is C13H18ClNO3. The Morgan fingerprint density at radius 2 is 2.17 bits per heavy atom. The number of carbonyl (C=O) groups excluding carboxylic acids is 1. The molecule has 0 aromatic heterocycles. The van der Waals surface area contributed by atoms with Crippen LogP contribution in [-0.2, 0) is 9.47 Å². The number of methoxy groups -OCH3 is 2. The quantitative estimate of drug-likeness (QED) is 0.808. The van der Waals surface area contributed by atoms with Gasteiger partial charge in [0, 0.05) is 13.2 Å². The van der Waals surface area contributed by atoms with Crippen molar-refractivity contribution in [1.82, 2.24) is 0 Å². The number of anilines is 1. The molecule has 18 heavy (non-hydrogen) atoms. The maximum absolute atomic E-state index is 11.4. The van der Waals surface area contributed by atoms with Crippen molar-refractivity contribution in [2.75, 3.05) is 26.1 Å². The van der Waals surface area contributed by atoms with Crippen molar-refractivity contribution in [3.63, 3.8) is 0 Å². The van der Waals surface area contributed by atoms with Gasteiger partial charge in [-0.3, -0.25) is 0 Å². The molecule has 1 unspecified atom stereocenters. The molecule has 4 nitrogen and oxygen atoms in total. The second-order valence-corrected chi connectivity index (χ2v) is 4.30. The van der Waals surface area contributed by atoms with Crippen molar-refractivity contribution in [2.24, 2.45) is 0 Å². The molecule has 0 radical (unpaired) electrons. The molecule has 0 saturated carbocycles. The number of benzene rings is 1. The summed E-state index contributed by atoms with van der Waals surface area (Å²) in [7, 11) is 3.00. The van der Waals surface area contributed by atoms with E-state index in [9.17, 15) is 4.79 Å². The van der Waals surface area contributed by atoms with Crippen LogP contribution < -0.4 is 5.32 Å². The summed E-state index contributed by atoms with van der Waals surface area (Å²) < 4.78 is 9.78. The Morgan fingerprint density at radius 1 is 1.44 bits per heavy atom. The van der Waals surface area contributed by atoms with Crippen LogP contribution in [-0.4, -0.2) is 32.8 Å². The standard InChI is InChI=1S/C13H18ClNO3/c1-4-10(8-17-2)15-12-7-9(13(16)18-3)5-6-11(12)14/h5-7,10,15H,4,8H2,1-3H3. The summed E-state index contributed by atoms with van der Waals surface area (Å²) in [6.45, 7) is 2.63. The van der Waals surface area contributed by atoms with E-state index in [0.29, 0.717) is 22.9 Å². The molecule has 0 fully saturated rings. The van der Waals surface area contributed by atoms with Crippen LogP contribution in [0.4, 0.5) is 5.69 Å². The number of hydrogen-bond acceptors (Lipinski definition) is 4. The third-order valence-electron chi connectivity index (χ3n) is 2.61. The lowest BCUT2D eigenvalue weighted by atomic mass is 10.1. The van der Waals surface area contributed by atoms with E-state index in [1.165, 1.54) is 7.11 Å². The first-order valence-corrected chi connectivity index (χ1v) is 6.13. The average molecular weight is 272 g/mol. The maximum atomic E-state index is 11.4. The SMILES string of the molecule is CCC(COC)Nc1cc(C(=O)OC)ccc1Cl. The second kappa shape index (κ2) is 7.24. The minimum absolute atomic E-state index is 0.153. The minimum Gasteiger partial charge on any atom is -0.465 e. The maximum Gasteiger partial charge on any atom is 0.337 e. The molecular weight excluding hydrogens is 254 g/mol. The molecule has 0 spiro atoms. The van der Waals surface area contributed by atoms with E-state index in [-0.39, 0.29) is 12.0 Å². The highest BCUT2D eigenvalue weighted by Gasteiger charge is 2.12. The molecule has 0 saturated heterocycles. The molecule has 1 atom stereocenters. The lowest BCUT2D eigenvalue weighted by Gasteiger charge is -2.18. The number of nitrogens with one attached hydrogen (secondary N) is 1. The van der Waals surface area contributed by atoms with Gasteiger partial charge in [0.15, 0.2) is 0 Å². The summed E-state index contributed by atoms with van der Waals surface area (Å²) in [5, 5.41) is 3.82. The van der Waals surface area contributed by atoms with Crippen LogP contribution in [0.2, 0.25) is 5.02 Å². The fourth-order valence-electron chi connectivity index (χ4n) is 1.56. The third-order valence-corrected chi connectivity index (χ3v) is 2.94. The number of rotatable bonds is 6. The van der Waals surface area contributed by atoms with E-state index in [2.05, 4.69) is 17.0 Å². The van der Waals surface area contributed by atoms with Crippen LogP contribution in [0, 0.1) is 0 Å². The Balaban J connectivity index is 2.89. The van der Waals surface area contributed by atoms with E-state index in [1.54, 1.807) is 25.3 Å². The first-order valence-electron chi connectivity index (χ1n) is 5.75. The number of esters is 1. The topological polar surface area (TPSA) is 47.6 Å². The van der Waals surface area contributed by atoms with Gasteiger partial charge in [-0.05, 0) is 24.6 Å². The molecule has 1 aromatic carbocycles. The monoisotopic (exact) mass is 271 g/mol. The van der Waals surface area contributed by atoms with Crippen molar-refractivity contribution in [3.05, 3.63) is 28.8 Å². The number of ether oxygens (including phenoxy) is 2. The Hall–Kier alpha value is -1.26. The molecule has 0 aliphatic rings. The first-order chi connectivity index (χ1) is 8.62. The number of carbonyl (C=O) groups is 1. The molecule has 0 bridgehead atoms. The van der Waals surface area contributed by atoms with Crippen LogP contribution in [0.15, 0.2) is 18.2 Å². The van der Waals surface area contributed by atoms with E-state index >= 15 is 0 Å². The Kier molecular flexibility index (Phi) is 5.95. The van der Waals surface area contributed by atoms with E-state index in [1.807, 2.05) is 0 Å². The first kappa shape index (κ1) is 14.8. The zero-order valence-electron chi connectivity index (χ0n) is 10.8. The summed E-state index contributed by atoms with van der Waals surface area (Å²) in [6.07, 6.45) is 0.895. The van der Waals surface area contributed by atoms with E-state index in [0.717, 1.165) is 6.42 Å². The van der Waals surface area contributed by atoms with Gasteiger partial charge in [0.2, 0.25) is 0 Å². The zero-order chi connectivity index (χ0) is 13.5. The smallest absolute Gasteiger partial charge is 0.337 e. The highest BCUT2D eigenvalue weighted by atomic mass is 35.5. The Bertz CT molecular complexity index is 409. The Labute approximate surface area is 112 Å². The van der Waals surface area contributed by atoms with Gasteiger partial charge in [-0.25, -0.2) is 4.79 Å². The van der Waals surface area contributed by atoms with Crippen LogP contribution in [0.3, 0.4) is 0 Å². The van der Waals surface area contributed by atoms with Crippen molar-refractivity contribution < 1.29 is 14.3 Å². The van der Waals surface area contributed by atoms with Gasteiger partial charge in [0.25, 0.3) is 0 Å². The summed E-state index contributed by atoms with van der Waals surface area (Å²) >= 11 is 6.09.